The Morgan fingerprint density at radius 2 is 1.70 bits per heavy atom. The topological polar surface area (TPSA) is 36.7 Å². The highest BCUT2D eigenvalue weighted by molar-refractivity contribution is 6.32. The monoisotopic (exact) mass is 384 g/mol. The maximum atomic E-state index is 12.6. The van der Waals surface area contributed by atoms with E-state index in [0.717, 1.165) is 17.8 Å². The SMILES string of the molecule is N#C/C(=C\c1ccc(-c2ccc(C(F)(F)F)cn2)cc1)c1ccccc1Cl. The minimum Gasteiger partial charge on any atom is -0.256 e. The summed E-state index contributed by atoms with van der Waals surface area (Å²) in [7, 11) is 0. The lowest BCUT2D eigenvalue weighted by molar-refractivity contribution is -0.137. The molecule has 0 saturated carbocycles. The van der Waals surface area contributed by atoms with Gasteiger partial charge < -0.3 is 0 Å². The summed E-state index contributed by atoms with van der Waals surface area (Å²) in [5.74, 6) is 0. The number of hydrogen-bond donors (Lipinski definition) is 0. The molecule has 0 fully saturated rings. The molecule has 2 aromatic carbocycles. The standard InChI is InChI=1S/C21H12ClF3N2/c22-19-4-2-1-3-18(19)16(12-26)11-14-5-7-15(8-6-14)20-10-9-17(13-27-20)21(23,24)25/h1-11,13H/b16-11+. The summed E-state index contributed by atoms with van der Waals surface area (Å²) in [5.41, 5.74) is 2.14. The molecule has 1 aromatic heterocycles. The van der Waals surface area contributed by atoms with Crippen LogP contribution in [0.4, 0.5) is 13.2 Å². The van der Waals surface area contributed by atoms with Crippen LogP contribution in [0.25, 0.3) is 22.9 Å². The third kappa shape index (κ3) is 4.36. The van der Waals surface area contributed by atoms with Gasteiger partial charge >= 0.3 is 6.18 Å². The van der Waals surface area contributed by atoms with Gasteiger partial charge in [0.05, 0.1) is 22.9 Å². The number of rotatable bonds is 3. The van der Waals surface area contributed by atoms with Crippen LogP contribution >= 0.6 is 11.6 Å². The van der Waals surface area contributed by atoms with Crippen LogP contribution in [0.1, 0.15) is 16.7 Å². The number of allylic oxidation sites excluding steroid dienone is 1. The maximum Gasteiger partial charge on any atom is 0.417 e. The van der Waals surface area contributed by atoms with E-state index in [4.69, 9.17) is 11.6 Å². The van der Waals surface area contributed by atoms with Gasteiger partial charge in [0, 0.05) is 22.3 Å². The predicted molar refractivity (Wildman–Crippen MR) is 99.6 cm³/mol. The van der Waals surface area contributed by atoms with Gasteiger partial charge in [-0.05, 0) is 29.8 Å². The molecule has 0 radical (unpaired) electrons. The predicted octanol–water partition coefficient (Wildman–Crippen LogP) is 6.48. The Balaban J connectivity index is 1.87. The van der Waals surface area contributed by atoms with Crippen molar-refractivity contribution >= 4 is 23.3 Å². The molecule has 2 nitrogen and oxygen atoms in total. The third-order valence-corrected chi connectivity index (χ3v) is 4.22. The van der Waals surface area contributed by atoms with E-state index < -0.39 is 11.7 Å². The number of alkyl halides is 3. The van der Waals surface area contributed by atoms with Crippen LogP contribution in [0.15, 0.2) is 66.9 Å². The quantitative estimate of drug-likeness (QED) is 0.382. The molecule has 0 unspecified atom stereocenters. The van der Waals surface area contributed by atoms with Crippen molar-refractivity contribution in [1.82, 2.24) is 4.98 Å². The summed E-state index contributed by atoms with van der Waals surface area (Å²) in [4.78, 5) is 3.88. The highest BCUT2D eigenvalue weighted by Gasteiger charge is 2.30. The number of benzene rings is 2. The molecule has 3 rings (SSSR count). The van der Waals surface area contributed by atoms with Crippen molar-refractivity contribution in [3.63, 3.8) is 0 Å². The average molecular weight is 385 g/mol. The second kappa shape index (κ2) is 7.65. The van der Waals surface area contributed by atoms with Crippen molar-refractivity contribution in [2.24, 2.45) is 0 Å². The highest BCUT2D eigenvalue weighted by Crippen LogP contribution is 2.30. The zero-order valence-corrected chi connectivity index (χ0v) is 14.6. The Bertz CT molecular complexity index is 1020. The largest absolute Gasteiger partial charge is 0.417 e. The first-order valence-electron chi connectivity index (χ1n) is 7.89. The van der Waals surface area contributed by atoms with Crippen molar-refractivity contribution in [3.8, 4) is 17.3 Å². The molecule has 0 bridgehead atoms. The summed E-state index contributed by atoms with van der Waals surface area (Å²) in [6.07, 6.45) is -1.90. The van der Waals surface area contributed by atoms with Crippen LogP contribution in [0.2, 0.25) is 5.02 Å². The molecule has 0 amide bonds. The lowest BCUT2D eigenvalue weighted by Crippen LogP contribution is -2.05. The molecule has 0 atom stereocenters. The number of nitriles is 1. The minimum atomic E-state index is -4.41. The lowest BCUT2D eigenvalue weighted by Gasteiger charge is -2.07. The molecule has 0 N–H and O–H groups in total. The van der Waals surface area contributed by atoms with Crippen molar-refractivity contribution in [2.75, 3.05) is 0 Å². The van der Waals surface area contributed by atoms with Crippen molar-refractivity contribution in [3.05, 3.63) is 88.6 Å². The van der Waals surface area contributed by atoms with E-state index in [2.05, 4.69) is 11.1 Å². The van der Waals surface area contributed by atoms with Crippen LogP contribution < -0.4 is 0 Å². The molecule has 0 aliphatic rings. The van der Waals surface area contributed by atoms with Crippen LogP contribution in [0.3, 0.4) is 0 Å². The Kier molecular flexibility index (Phi) is 5.29. The second-order valence-corrected chi connectivity index (χ2v) is 6.11. The summed E-state index contributed by atoms with van der Waals surface area (Å²) in [6.45, 7) is 0. The van der Waals surface area contributed by atoms with E-state index >= 15 is 0 Å². The fraction of sp³-hybridized carbons (Fsp3) is 0.0476. The van der Waals surface area contributed by atoms with Gasteiger partial charge in [-0.15, -0.1) is 0 Å². The molecule has 134 valence electrons. The molecule has 0 aliphatic heterocycles. The minimum absolute atomic E-state index is 0.418. The maximum absolute atomic E-state index is 12.6. The fourth-order valence-electron chi connectivity index (χ4n) is 2.50. The van der Waals surface area contributed by atoms with Gasteiger partial charge in [0.25, 0.3) is 0 Å². The summed E-state index contributed by atoms with van der Waals surface area (Å²) < 4.78 is 37.8. The molecule has 6 heteroatoms. The zero-order valence-electron chi connectivity index (χ0n) is 13.8. The van der Waals surface area contributed by atoms with E-state index in [1.165, 1.54) is 6.07 Å². The van der Waals surface area contributed by atoms with Gasteiger partial charge in [0.1, 0.15) is 0 Å². The first-order valence-corrected chi connectivity index (χ1v) is 8.26. The average Bonchev–Trinajstić information content (AvgIpc) is 2.67. The van der Waals surface area contributed by atoms with Gasteiger partial charge in [-0.25, -0.2) is 0 Å². The molecule has 0 spiro atoms. The van der Waals surface area contributed by atoms with Crippen LogP contribution in [0, 0.1) is 11.3 Å². The lowest BCUT2D eigenvalue weighted by atomic mass is 10.0. The van der Waals surface area contributed by atoms with Gasteiger partial charge in [-0.3, -0.25) is 4.98 Å². The summed E-state index contributed by atoms with van der Waals surface area (Å²) in [5, 5.41) is 9.89. The van der Waals surface area contributed by atoms with E-state index in [0.29, 0.717) is 27.4 Å². The van der Waals surface area contributed by atoms with Crippen LogP contribution in [0.5, 0.6) is 0 Å². The van der Waals surface area contributed by atoms with Crippen molar-refractivity contribution < 1.29 is 13.2 Å². The molecule has 3 aromatic rings. The Labute approximate surface area is 159 Å². The van der Waals surface area contributed by atoms with Gasteiger partial charge in [-0.2, -0.15) is 18.4 Å². The molecular weight excluding hydrogens is 373 g/mol. The number of halogens is 4. The smallest absolute Gasteiger partial charge is 0.256 e. The van der Waals surface area contributed by atoms with Crippen molar-refractivity contribution in [1.29, 1.82) is 5.26 Å². The normalized spacial score (nSPS) is 11.9. The molecule has 27 heavy (non-hydrogen) atoms. The van der Waals surface area contributed by atoms with E-state index in [1.807, 2.05) is 0 Å². The van der Waals surface area contributed by atoms with E-state index in [1.54, 1.807) is 54.6 Å². The van der Waals surface area contributed by atoms with Gasteiger partial charge in [-0.1, -0.05) is 54.1 Å². The van der Waals surface area contributed by atoms with Crippen molar-refractivity contribution in [2.45, 2.75) is 6.18 Å². The molecular formula is C21H12ClF3N2. The van der Waals surface area contributed by atoms with Crippen LogP contribution in [-0.2, 0) is 6.18 Å². The number of aromatic nitrogens is 1. The van der Waals surface area contributed by atoms with E-state index in [9.17, 15) is 18.4 Å². The first-order chi connectivity index (χ1) is 12.9. The van der Waals surface area contributed by atoms with E-state index in [-0.39, 0.29) is 0 Å². The summed E-state index contributed by atoms with van der Waals surface area (Å²) >= 11 is 6.13. The second-order valence-electron chi connectivity index (χ2n) is 5.70. The van der Waals surface area contributed by atoms with Crippen LogP contribution in [-0.4, -0.2) is 4.98 Å². The zero-order chi connectivity index (χ0) is 19.4. The number of pyridine rings is 1. The third-order valence-electron chi connectivity index (χ3n) is 3.89. The Morgan fingerprint density at radius 1 is 1.00 bits per heavy atom. The number of hydrogen-bond acceptors (Lipinski definition) is 2. The molecule has 0 saturated heterocycles. The Hall–Kier alpha value is -3.10. The highest BCUT2D eigenvalue weighted by atomic mass is 35.5. The Morgan fingerprint density at radius 3 is 2.26 bits per heavy atom. The fourth-order valence-corrected chi connectivity index (χ4v) is 2.74. The molecule has 0 aliphatic carbocycles. The van der Waals surface area contributed by atoms with Gasteiger partial charge in [0.2, 0.25) is 0 Å². The molecule has 1 heterocycles. The summed E-state index contributed by atoms with van der Waals surface area (Å²) in [6, 6.07) is 18.5. The first kappa shape index (κ1) is 18.7. The van der Waals surface area contributed by atoms with Gasteiger partial charge in [0.15, 0.2) is 0 Å². The number of nitrogens with zero attached hydrogens (tertiary/aromatic N) is 2.